The number of nitrogens with zero attached hydrogens (tertiary/aromatic N) is 4. The van der Waals surface area contributed by atoms with Crippen LogP contribution < -0.4 is 5.32 Å². The quantitative estimate of drug-likeness (QED) is 0.200. The monoisotopic (exact) mass is 537 g/mol. The first-order valence-corrected chi connectivity index (χ1v) is 13.5. The van der Waals surface area contributed by atoms with Gasteiger partial charge < -0.3 is 30.1 Å². The molecule has 4 N–H and O–H groups in total. The van der Waals surface area contributed by atoms with E-state index in [1.807, 2.05) is 37.3 Å². The topological polar surface area (TPSA) is 168 Å². The van der Waals surface area contributed by atoms with Crippen LogP contribution in [-0.2, 0) is 20.8 Å². The number of amides is 1. The molecule has 1 aromatic heterocycles. The van der Waals surface area contributed by atoms with Gasteiger partial charge in [0.25, 0.3) is 5.79 Å². The number of hydrogen-bond donors (Lipinski definition) is 4. The van der Waals surface area contributed by atoms with Gasteiger partial charge in [0, 0.05) is 17.2 Å². The lowest BCUT2D eigenvalue weighted by molar-refractivity contribution is -0.302. The summed E-state index contributed by atoms with van der Waals surface area (Å²) in [5.41, 5.74) is 1.43. The molecule has 0 radical (unpaired) electrons. The van der Waals surface area contributed by atoms with Gasteiger partial charge >= 0.3 is 5.91 Å². The van der Waals surface area contributed by atoms with Gasteiger partial charge in [0.1, 0.15) is 24.0 Å². The summed E-state index contributed by atoms with van der Waals surface area (Å²) in [7, 11) is 0. The number of hydrogen-bond acceptors (Lipinski definition) is 11. The molecular weight excluding hydrogens is 502 g/mol. The molecular formula is C24H35N5O7S. The first kappa shape index (κ1) is 29.3. The van der Waals surface area contributed by atoms with Crippen LogP contribution >= 0.6 is 11.8 Å². The Hall–Kier alpha value is -2.26. The maximum absolute atomic E-state index is 12.6. The first-order chi connectivity index (χ1) is 17.8. The standard InChI is InChI=1S/C24H35N5O7S/c1-3-25-20-18(30)13-24(23(33)27-34,35-11-8-12-37-4-2)36-22(20)21(32)19(31)15-29-14-17(26-28-29)16-9-6-5-7-10-16/h5-7,9-10,14,18-22,25,30-32H,3-4,8,11-13,15H2,1-2H3. The van der Waals surface area contributed by atoms with E-state index in [2.05, 4.69) is 20.8 Å². The number of nitroso groups, excluding NO2 is 1. The van der Waals surface area contributed by atoms with Crippen molar-refractivity contribution in [2.45, 2.75) is 69.5 Å². The highest BCUT2D eigenvalue weighted by molar-refractivity contribution is 7.99. The van der Waals surface area contributed by atoms with Gasteiger partial charge in [0.15, 0.2) is 0 Å². The molecule has 13 heteroatoms. The van der Waals surface area contributed by atoms with E-state index in [0.29, 0.717) is 18.7 Å². The molecule has 3 rings (SSSR count). The molecule has 2 aromatic rings. The number of carbonyl (C=O) groups excluding carboxylic acids is 1. The Kier molecular flexibility index (Phi) is 11.1. The van der Waals surface area contributed by atoms with Crippen LogP contribution in [0.5, 0.6) is 0 Å². The lowest BCUT2D eigenvalue weighted by Gasteiger charge is -2.46. The summed E-state index contributed by atoms with van der Waals surface area (Å²) in [6.07, 6.45) is -3.67. The van der Waals surface area contributed by atoms with Crippen molar-refractivity contribution >= 4 is 17.7 Å². The van der Waals surface area contributed by atoms with E-state index >= 15 is 0 Å². The summed E-state index contributed by atoms with van der Waals surface area (Å²) in [5, 5.41) is 46.5. The normalized spacial score (nSPS) is 25.5. The fourth-order valence-electron chi connectivity index (χ4n) is 4.28. The molecule has 12 nitrogen and oxygen atoms in total. The molecule has 0 spiro atoms. The van der Waals surface area contributed by atoms with Crippen LogP contribution in [0.25, 0.3) is 11.3 Å². The summed E-state index contributed by atoms with van der Waals surface area (Å²) >= 11 is 1.69. The van der Waals surface area contributed by atoms with Gasteiger partial charge in [-0.2, -0.15) is 11.8 Å². The Labute approximate surface area is 219 Å². The minimum atomic E-state index is -2.16. The molecule has 0 aliphatic carbocycles. The highest BCUT2D eigenvalue weighted by Crippen LogP contribution is 2.34. The molecule has 0 bridgehead atoms. The zero-order chi connectivity index (χ0) is 26.8. The second kappa shape index (κ2) is 14.0. The van der Waals surface area contributed by atoms with Crippen LogP contribution in [0, 0.1) is 4.91 Å². The van der Waals surface area contributed by atoms with Crippen LogP contribution in [0.4, 0.5) is 0 Å². The van der Waals surface area contributed by atoms with Gasteiger partial charge in [0.05, 0.1) is 31.5 Å². The second-order valence-corrected chi connectivity index (χ2v) is 10.1. The summed E-state index contributed by atoms with van der Waals surface area (Å²) < 4.78 is 13.0. The molecule has 6 unspecified atom stereocenters. The van der Waals surface area contributed by atoms with Gasteiger partial charge in [-0.05, 0) is 24.5 Å². The number of rotatable bonds is 14. The molecule has 0 saturated carbocycles. The first-order valence-electron chi connectivity index (χ1n) is 12.4. The Balaban J connectivity index is 1.77. The lowest BCUT2D eigenvalue weighted by atomic mass is 9.88. The molecule has 1 amide bonds. The Morgan fingerprint density at radius 1 is 1.35 bits per heavy atom. The van der Waals surface area contributed by atoms with Gasteiger partial charge in [-0.3, -0.25) is 4.79 Å². The van der Waals surface area contributed by atoms with Crippen molar-refractivity contribution in [1.82, 2.24) is 20.3 Å². The number of benzene rings is 1. The van der Waals surface area contributed by atoms with E-state index in [-0.39, 0.29) is 19.6 Å². The van der Waals surface area contributed by atoms with Gasteiger partial charge in [-0.25, -0.2) is 4.68 Å². The summed E-state index contributed by atoms with van der Waals surface area (Å²) in [5.74, 6) is -1.71. The summed E-state index contributed by atoms with van der Waals surface area (Å²) in [6.45, 7) is 4.18. The summed E-state index contributed by atoms with van der Waals surface area (Å²) in [6, 6.07) is 8.51. The van der Waals surface area contributed by atoms with E-state index in [0.717, 1.165) is 17.1 Å². The SMILES string of the molecule is CCNC1C(O)CC(OCCCSCC)(C(=O)N=O)OC1C(O)C(O)Cn1cc(-c2ccccc2)nn1. The molecule has 1 aromatic carbocycles. The van der Waals surface area contributed by atoms with Crippen molar-refractivity contribution in [3.05, 3.63) is 41.4 Å². The molecule has 1 aliphatic heterocycles. The highest BCUT2D eigenvalue weighted by atomic mass is 32.2. The Morgan fingerprint density at radius 2 is 2.11 bits per heavy atom. The fourth-order valence-corrected chi connectivity index (χ4v) is 4.89. The number of carbonyl (C=O) groups is 1. The Bertz CT molecular complexity index is 997. The van der Waals surface area contributed by atoms with Crippen molar-refractivity contribution < 1.29 is 29.6 Å². The van der Waals surface area contributed by atoms with Crippen molar-refractivity contribution in [3.63, 3.8) is 0 Å². The zero-order valence-electron chi connectivity index (χ0n) is 21.0. The minimum absolute atomic E-state index is 0.0828. The highest BCUT2D eigenvalue weighted by Gasteiger charge is 2.55. The number of nitrogens with one attached hydrogen (secondary N) is 1. The van der Waals surface area contributed by atoms with Crippen molar-refractivity contribution in [3.8, 4) is 11.3 Å². The van der Waals surface area contributed by atoms with E-state index < -0.39 is 42.2 Å². The second-order valence-electron chi connectivity index (χ2n) is 8.74. The van der Waals surface area contributed by atoms with Crippen molar-refractivity contribution in [2.24, 2.45) is 5.18 Å². The lowest BCUT2D eigenvalue weighted by Crippen LogP contribution is -2.67. The van der Waals surface area contributed by atoms with Gasteiger partial charge in [-0.15, -0.1) is 10.0 Å². The third-order valence-corrected chi connectivity index (χ3v) is 7.09. The number of aliphatic hydroxyl groups excluding tert-OH is 3. The minimum Gasteiger partial charge on any atom is -0.391 e. The number of ether oxygens (including phenoxy) is 2. The molecule has 37 heavy (non-hydrogen) atoms. The van der Waals surface area contributed by atoms with Gasteiger partial charge in [-0.1, -0.05) is 49.4 Å². The number of likely N-dealkylation sites (N-methyl/N-ethyl adjacent to an activating group) is 1. The van der Waals surface area contributed by atoms with Crippen molar-refractivity contribution in [2.75, 3.05) is 24.7 Å². The molecule has 6 atom stereocenters. The number of aromatic nitrogens is 3. The molecule has 204 valence electrons. The van der Waals surface area contributed by atoms with Crippen LogP contribution in [0.15, 0.2) is 41.7 Å². The molecule has 1 aliphatic rings. The predicted molar refractivity (Wildman–Crippen MR) is 138 cm³/mol. The molecule has 1 saturated heterocycles. The molecule has 1 fully saturated rings. The van der Waals surface area contributed by atoms with E-state index in [1.165, 1.54) is 4.68 Å². The average Bonchev–Trinajstić information content (AvgIpc) is 3.38. The molecule has 2 heterocycles. The van der Waals surface area contributed by atoms with Crippen LogP contribution in [0.1, 0.15) is 26.7 Å². The zero-order valence-corrected chi connectivity index (χ0v) is 21.8. The third-order valence-electron chi connectivity index (χ3n) is 6.11. The van der Waals surface area contributed by atoms with Crippen LogP contribution in [0.3, 0.4) is 0 Å². The summed E-state index contributed by atoms with van der Waals surface area (Å²) in [4.78, 5) is 23.8. The van der Waals surface area contributed by atoms with Crippen LogP contribution in [-0.4, -0.2) is 97.1 Å². The smallest absolute Gasteiger partial charge is 0.345 e. The average molecular weight is 538 g/mol. The maximum atomic E-state index is 12.6. The van der Waals surface area contributed by atoms with Gasteiger partial charge in [0.2, 0.25) is 0 Å². The number of aliphatic hydroxyl groups is 3. The van der Waals surface area contributed by atoms with E-state index in [1.54, 1.807) is 24.9 Å². The predicted octanol–water partition coefficient (Wildman–Crippen LogP) is 0.944. The van der Waals surface area contributed by atoms with E-state index in [9.17, 15) is 25.0 Å². The maximum Gasteiger partial charge on any atom is 0.345 e. The van der Waals surface area contributed by atoms with Crippen molar-refractivity contribution in [1.29, 1.82) is 0 Å². The fraction of sp³-hybridized carbons (Fsp3) is 0.625. The van der Waals surface area contributed by atoms with Crippen LogP contribution in [0.2, 0.25) is 0 Å². The third kappa shape index (κ3) is 7.41. The van der Waals surface area contributed by atoms with E-state index in [4.69, 9.17) is 9.47 Å². The Morgan fingerprint density at radius 3 is 2.78 bits per heavy atom. The number of thioether (sulfide) groups is 1. The largest absolute Gasteiger partial charge is 0.391 e.